The molecule has 1 nitrogen and oxygen atoms in total. The Balaban J connectivity index is 2.08. The molecule has 1 heterocycles. The zero-order valence-corrected chi connectivity index (χ0v) is 7.20. The summed E-state index contributed by atoms with van der Waals surface area (Å²) in [6, 6.07) is 10.7. The van der Waals surface area contributed by atoms with Gasteiger partial charge in [-0.05, 0) is 18.4 Å². The van der Waals surface area contributed by atoms with Gasteiger partial charge in [-0.25, -0.2) is 0 Å². The van der Waals surface area contributed by atoms with Crippen molar-refractivity contribution in [3.05, 3.63) is 35.9 Å². The van der Waals surface area contributed by atoms with E-state index in [0.717, 1.165) is 13.2 Å². The van der Waals surface area contributed by atoms with Crippen LogP contribution in [0.5, 0.6) is 0 Å². The highest BCUT2D eigenvalue weighted by Crippen LogP contribution is 2.24. The molecule has 1 aromatic carbocycles. The molecule has 2 rings (SSSR count). The fourth-order valence-electron chi connectivity index (χ4n) is 1.73. The largest absolute Gasteiger partial charge is 0.381 e. The maximum Gasteiger partial charge on any atom is 0.0534 e. The van der Waals surface area contributed by atoms with Crippen molar-refractivity contribution in [2.75, 3.05) is 13.2 Å². The lowest BCUT2D eigenvalue weighted by molar-refractivity contribution is 0.0804. The predicted octanol–water partition coefficient (Wildman–Crippen LogP) is 2.58. The van der Waals surface area contributed by atoms with Gasteiger partial charge in [0, 0.05) is 12.5 Å². The van der Waals surface area contributed by atoms with Crippen LogP contribution in [0.1, 0.15) is 24.3 Å². The van der Waals surface area contributed by atoms with E-state index in [9.17, 15) is 0 Å². The van der Waals surface area contributed by atoms with E-state index in [1.807, 2.05) is 0 Å². The van der Waals surface area contributed by atoms with Gasteiger partial charge in [-0.3, -0.25) is 0 Å². The summed E-state index contributed by atoms with van der Waals surface area (Å²) in [6.07, 6.45) is 2.49. The summed E-state index contributed by atoms with van der Waals surface area (Å²) in [5.41, 5.74) is 1.43. The van der Waals surface area contributed by atoms with Gasteiger partial charge in [0.15, 0.2) is 0 Å². The molecule has 0 saturated carbocycles. The van der Waals surface area contributed by atoms with Crippen molar-refractivity contribution < 1.29 is 4.74 Å². The second-order valence-electron chi connectivity index (χ2n) is 3.32. The molecule has 0 aromatic heterocycles. The average molecular weight is 162 g/mol. The second kappa shape index (κ2) is 3.72. The second-order valence-corrected chi connectivity index (χ2v) is 3.32. The molecule has 0 bridgehead atoms. The Morgan fingerprint density at radius 1 is 1.17 bits per heavy atom. The third-order valence-corrected chi connectivity index (χ3v) is 2.43. The fraction of sp³-hybridized carbons (Fsp3) is 0.455. The van der Waals surface area contributed by atoms with Crippen LogP contribution < -0.4 is 0 Å². The first kappa shape index (κ1) is 7.81. The van der Waals surface area contributed by atoms with Crippen LogP contribution in [0, 0.1) is 0 Å². The van der Waals surface area contributed by atoms with Gasteiger partial charge in [0.05, 0.1) is 6.61 Å². The SMILES string of the molecule is c1ccc(C2CCCOC2)cc1. The lowest BCUT2D eigenvalue weighted by Crippen LogP contribution is -2.15. The summed E-state index contributed by atoms with van der Waals surface area (Å²) in [5.74, 6) is 0.639. The van der Waals surface area contributed by atoms with Crippen LogP contribution >= 0.6 is 0 Å². The monoisotopic (exact) mass is 162 g/mol. The maximum absolute atomic E-state index is 5.44. The molecule has 1 aromatic rings. The number of rotatable bonds is 1. The van der Waals surface area contributed by atoms with Crippen LogP contribution in [0.3, 0.4) is 0 Å². The molecular weight excluding hydrogens is 148 g/mol. The van der Waals surface area contributed by atoms with Crippen molar-refractivity contribution in [1.29, 1.82) is 0 Å². The first-order valence-electron chi connectivity index (χ1n) is 4.59. The van der Waals surface area contributed by atoms with Crippen LogP contribution in [0.15, 0.2) is 30.3 Å². The van der Waals surface area contributed by atoms with Gasteiger partial charge >= 0.3 is 0 Å². The third kappa shape index (κ3) is 1.67. The molecule has 1 aliphatic heterocycles. The molecule has 0 amide bonds. The molecule has 1 heteroatoms. The molecule has 1 atom stereocenters. The lowest BCUT2D eigenvalue weighted by Gasteiger charge is -2.22. The van der Waals surface area contributed by atoms with E-state index in [2.05, 4.69) is 30.3 Å². The van der Waals surface area contributed by atoms with E-state index in [4.69, 9.17) is 4.74 Å². The van der Waals surface area contributed by atoms with Crippen molar-refractivity contribution in [2.24, 2.45) is 0 Å². The van der Waals surface area contributed by atoms with Crippen LogP contribution in [-0.4, -0.2) is 13.2 Å². The Morgan fingerprint density at radius 3 is 2.67 bits per heavy atom. The summed E-state index contributed by atoms with van der Waals surface area (Å²) < 4.78 is 5.44. The molecule has 1 fully saturated rings. The van der Waals surface area contributed by atoms with Crippen LogP contribution in [0.25, 0.3) is 0 Å². The van der Waals surface area contributed by atoms with E-state index >= 15 is 0 Å². The van der Waals surface area contributed by atoms with Crippen molar-refractivity contribution in [3.8, 4) is 0 Å². The molecule has 1 aliphatic rings. The Labute approximate surface area is 73.4 Å². The standard InChI is InChI=1S/C11H14O/c1-2-5-10(6-3-1)11-7-4-8-12-9-11/h1-3,5-6,11H,4,7-9H2. The van der Waals surface area contributed by atoms with Gasteiger partial charge < -0.3 is 4.74 Å². The van der Waals surface area contributed by atoms with Gasteiger partial charge in [-0.2, -0.15) is 0 Å². The minimum absolute atomic E-state index is 0.639. The summed E-state index contributed by atoms with van der Waals surface area (Å²) in [4.78, 5) is 0. The maximum atomic E-state index is 5.44. The zero-order valence-electron chi connectivity index (χ0n) is 7.20. The quantitative estimate of drug-likeness (QED) is 0.616. The Hall–Kier alpha value is -0.820. The summed E-state index contributed by atoms with van der Waals surface area (Å²) in [6.45, 7) is 1.85. The molecule has 0 aliphatic carbocycles. The molecule has 12 heavy (non-hydrogen) atoms. The fourth-order valence-corrected chi connectivity index (χ4v) is 1.73. The predicted molar refractivity (Wildman–Crippen MR) is 49.2 cm³/mol. The first-order valence-corrected chi connectivity index (χ1v) is 4.59. The minimum atomic E-state index is 0.639. The Kier molecular flexibility index (Phi) is 2.42. The van der Waals surface area contributed by atoms with Crippen molar-refractivity contribution in [1.82, 2.24) is 0 Å². The van der Waals surface area contributed by atoms with E-state index in [0.29, 0.717) is 5.92 Å². The van der Waals surface area contributed by atoms with Crippen LogP contribution in [-0.2, 0) is 4.74 Å². The number of hydrogen-bond donors (Lipinski definition) is 0. The lowest BCUT2D eigenvalue weighted by atomic mass is 9.94. The highest BCUT2D eigenvalue weighted by molar-refractivity contribution is 5.19. The van der Waals surface area contributed by atoms with Gasteiger partial charge in [-0.15, -0.1) is 0 Å². The first-order chi connectivity index (χ1) is 5.97. The zero-order chi connectivity index (χ0) is 8.23. The Morgan fingerprint density at radius 2 is 2.00 bits per heavy atom. The van der Waals surface area contributed by atoms with E-state index < -0.39 is 0 Å². The van der Waals surface area contributed by atoms with Crippen LogP contribution in [0.4, 0.5) is 0 Å². The summed E-state index contributed by atoms with van der Waals surface area (Å²) >= 11 is 0. The highest BCUT2D eigenvalue weighted by Gasteiger charge is 2.14. The Bertz CT molecular complexity index is 224. The molecule has 0 radical (unpaired) electrons. The third-order valence-electron chi connectivity index (χ3n) is 2.43. The van der Waals surface area contributed by atoms with Gasteiger partial charge in [0.25, 0.3) is 0 Å². The van der Waals surface area contributed by atoms with Crippen LogP contribution in [0.2, 0.25) is 0 Å². The molecular formula is C11H14O. The average Bonchev–Trinajstić information content (AvgIpc) is 2.21. The van der Waals surface area contributed by atoms with E-state index in [1.54, 1.807) is 0 Å². The van der Waals surface area contributed by atoms with Gasteiger partial charge in [0.1, 0.15) is 0 Å². The number of ether oxygens (including phenoxy) is 1. The van der Waals surface area contributed by atoms with Crippen molar-refractivity contribution >= 4 is 0 Å². The summed E-state index contributed by atoms with van der Waals surface area (Å²) in [5, 5.41) is 0. The number of benzene rings is 1. The molecule has 64 valence electrons. The smallest absolute Gasteiger partial charge is 0.0534 e. The van der Waals surface area contributed by atoms with E-state index in [1.165, 1.54) is 18.4 Å². The molecule has 0 N–H and O–H groups in total. The van der Waals surface area contributed by atoms with Gasteiger partial charge in [-0.1, -0.05) is 30.3 Å². The molecule has 1 unspecified atom stereocenters. The molecule has 1 saturated heterocycles. The van der Waals surface area contributed by atoms with Crippen molar-refractivity contribution in [3.63, 3.8) is 0 Å². The normalized spacial score (nSPS) is 23.8. The minimum Gasteiger partial charge on any atom is -0.381 e. The molecule has 0 spiro atoms. The number of hydrogen-bond acceptors (Lipinski definition) is 1. The highest BCUT2D eigenvalue weighted by atomic mass is 16.5. The van der Waals surface area contributed by atoms with Crippen molar-refractivity contribution in [2.45, 2.75) is 18.8 Å². The van der Waals surface area contributed by atoms with E-state index in [-0.39, 0.29) is 0 Å². The summed E-state index contributed by atoms with van der Waals surface area (Å²) in [7, 11) is 0. The topological polar surface area (TPSA) is 9.23 Å². The van der Waals surface area contributed by atoms with Gasteiger partial charge in [0.2, 0.25) is 0 Å².